The van der Waals surface area contributed by atoms with Gasteiger partial charge in [0, 0.05) is 0 Å². The van der Waals surface area contributed by atoms with Crippen LogP contribution < -0.4 is 0 Å². The largest absolute Gasteiger partial charge is 0.369 e. The first kappa shape index (κ1) is 5.33. The van der Waals surface area contributed by atoms with Crippen molar-refractivity contribution in [1.29, 1.82) is 5.26 Å². The summed E-state index contributed by atoms with van der Waals surface area (Å²) in [7, 11) is 0. The maximum atomic E-state index is 8.16. The first-order valence-electron chi connectivity index (χ1n) is 2.58. The predicted molar refractivity (Wildman–Crippen MR) is 29.1 cm³/mol. The Morgan fingerprint density at radius 1 is 1.88 bits per heavy atom. The van der Waals surface area contributed by atoms with E-state index in [1.54, 1.807) is 0 Å². The second-order valence-corrected chi connectivity index (χ2v) is 1.66. The van der Waals surface area contributed by atoms with Crippen molar-refractivity contribution in [3.8, 4) is 6.07 Å². The molecule has 0 aromatic heterocycles. The molecule has 1 atom stereocenters. The fourth-order valence-electron chi connectivity index (χ4n) is 0.659. The molecule has 0 saturated heterocycles. The Labute approximate surface area is 48.4 Å². The van der Waals surface area contributed by atoms with Gasteiger partial charge in [-0.3, -0.25) is 0 Å². The van der Waals surface area contributed by atoms with Crippen LogP contribution in [-0.2, 0) is 4.74 Å². The highest BCUT2D eigenvalue weighted by Crippen LogP contribution is 2.05. The molecule has 0 radical (unpaired) electrons. The summed E-state index contributed by atoms with van der Waals surface area (Å²) in [4.78, 5) is 0. The van der Waals surface area contributed by atoms with E-state index in [0.717, 1.165) is 0 Å². The minimum Gasteiger partial charge on any atom is -0.369 e. The van der Waals surface area contributed by atoms with Crippen LogP contribution in [0.3, 0.4) is 0 Å². The molecular weight excluding hydrogens is 102 g/mol. The zero-order chi connectivity index (χ0) is 5.82. The lowest BCUT2D eigenvalue weighted by Gasteiger charge is -1.98. The lowest BCUT2D eigenvalue weighted by Crippen LogP contribution is -2.01. The van der Waals surface area contributed by atoms with Crippen LogP contribution in [0, 0.1) is 11.3 Å². The number of ether oxygens (including phenoxy) is 1. The van der Waals surface area contributed by atoms with E-state index in [4.69, 9.17) is 10.00 Å². The fraction of sp³-hybridized carbons (Fsp3) is 0.500. The van der Waals surface area contributed by atoms with Crippen molar-refractivity contribution in [2.24, 2.45) is 0 Å². The monoisotopic (exact) mass is 109 g/mol. The van der Waals surface area contributed by atoms with E-state index in [1.165, 1.54) is 0 Å². The molecule has 0 saturated carbocycles. The number of nitrogens with zero attached hydrogens (tertiary/aromatic N) is 1. The van der Waals surface area contributed by atoms with Crippen LogP contribution in [0.1, 0.15) is 6.42 Å². The van der Waals surface area contributed by atoms with Gasteiger partial charge in [0.2, 0.25) is 0 Å². The molecule has 0 aromatic rings. The third-order valence-corrected chi connectivity index (χ3v) is 1.05. The first-order valence-corrected chi connectivity index (χ1v) is 2.58. The summed E-state index contributed by atoms with van der Waals surface area (Å²) >= 11 is 0. The van der Waals surface area contributed by atoms with Crippen molar-refractivity contribution in [3.05, 3.63) is 12.2 Å². The number of nitriles is 1. The molecule has 0 aliphatic carbocycles. The lowest BCUT2D eigenvalue weighted by atomic mass is 10.3. The molecule has 0 spiro atoms. The standard InChI is InChI=1S/C6H7NO/c7-4-3-6-2-1-5-8-6/h1-2,6H,3,5H2/t6-/m0/s1. The van der Waals surface area contributed by atoms with Gasteiger partial charge in [-0.05, 0) is 0 Å². The SMILES string of the molecule is N#CC[C@@H]1C=CCO1. The van der Waals surface area contributed by atoms with Gasteiger partial charge in [-0.25, -0.2) is 0 Å². The zero-order valence-corrected chi connectivity index (χ0v) is 4.50. The lowest BCUT2D eigenvalue weighted by molar-refractivity contribution is 0.132. The number of hydrogen-bond donors (Lipinski definition) is 0. The minimum absolute atomic E-state index is 0.0694. The molecule has 0 unspecified atom stereocenters. The van der Waals surface area contributed by atoms with E-state index in [0.29, 0.717) is 13.0 Å². The Bertz CT molecular complexity index is 134. The van der Waals surface area contributed by atoms with Gasteiger partial charge in [0.25, 0.3) is 0 Å². The molecule has 42 valence electrons. The van der Waals surface area contributed by atoms with Gasteiger partial charge in [0.1, 0.15) is 0 Å². The fourth-order valence-corrected chi connectivity index (χ4v) is 0.659. The van der Waals surface area contributed by atoms with E-state index in [2.05, 4.69) is 0 Å². The zero-order valence-electron chi connectivity index (χ0n) is 4.50. The Kier molecular flexibility index (Phi) is 1.66. The van der Waals surface area contributed by atoms with Gasteiger partial charge in [0.15, 0.2) is 0 Å². The second-order valence-electron chi connectivity index (χ2n) is 1.66. The summed E-state index contributed by atoms with van der Waals surface area (Å²) in [6, 6.07) is 2.03. The van der Waals surface area contributed by atoms with Crippen molar-refractivity contribution >= 4 is 0 Å². The van der Waals surface area contributed by atoms with Gasteiger partial charge in [-0.1, -0.05) is 12.2 Å². The van der Waals surface area contributed by atoms with Crippen LogP contribution in [0.2, 0.25) is 0 Å². The van der Waals surface area contributed by atoms with Crippen LogP contribution in [-0.4, -0.2) is 12.7 Å². The molecule has 8 heavy (non-hydrogen) atoms. The van der Waals surface area contributed by atoms with Gasteiger partial charge in [-0.15, -0.1) is 0 Å². The average molecular weight is 109 g/mol. The molecular formula is C6H7NO. The Morgan fingerprint density at radius 2 is 2.75 bits per heavy atom. The highest BCUT2D eigenvalue weighted by Gasteiger charge is 2.06. The molecule has 0 bridgehead atoms. The Balaban J connectivity index is 2.28. The topological polar surface area (TPSA) is 33.0 Å². The third kappa shape index (κ3) is 1.08. The Hall–Kier alpha value is -0.810. The first-order chi connectivity index (χ1) is 3.93. The highest BCUT2D eigenvalue weighted by atomic mass is 16.5. The molecule has 1 heterocycles. The summed E-state index contributed by atoms with van der Waals surface area (Å²) in [5.74, 6) is 0. The molecule has 0 aromatic carbocycles. The molecule has 2 heteroatoms. The number of hydrogen-bond acceptors (Lipinski definition) is 2. The van der Waals surface area contributed by atoms with Crippen LogP contribution in [0.5, 0.6) is 0 Å². The summed E-state index contributed by atoms with van der Waals surface area (Å²) in [6.45, 7) is 0.673. The van der Waals surface area contributed by atoms with Gasteiger partial charge < -0.3 is 4.74 Å². The molecule has 2 nitrogen and oxygen atoms in total. The maximum Gasteiger partial charge on any atom is 0.0890 e. The van der Waals surface area contributed by atoms with Gasteiger partial charge >= 0.3 is 0 Å². The van der Waals surface area contributed by atoms with E-state index in [9.17, 15) is 0 Å². The summed E-state index contributed by atoms with van der Waals surface area (Å²) in [5.41, 5.74) is 0. The summed E-state index contributed by atoms with van der Waals surface area (Å²) in [6.07, 6.45) is 4.40. The third-order valence-electron chi connectivity index (χ3n) is 1.05. The smallest absolute Gasteiger partial charge is 0.0890 e. The average Bonchev–Trinajstić information content (AvgIpc) is 2.19. The summed E-state index contributed by atoms with van der Waals surface area (Å²) in [5, 5.41) is 8.16. The predicted octanol–water partition coefficient (Wildman–Crippen LogP) is 0.855. The molecule has 0 fully saturated rings. The Morgan fingerprint density at radius 3 is 3.25 bits per heavy atom. The van der Waals surface area contributed by atoms with Crippen molar-refractivity contribution in [2.75, 3.05) is 6.61 Å². The van der Waals surface area contributed by atoms with Crippen LogP contribution >= 0.6 is 0 Å². The highest BCUT2D eigenvalue weighted by molar-refractivity contribution is 4.99. The van der Waals surface area contributed by atoms with Crippen LogP contribution in [0.25, 0.3) is 0 Å². The number of rotatable bonds is 1. The van der Waals surface area contributed by atoms with E-state index >= 15 is 0 Å². The van der Waals surface area contributed by atoms with E-state index < -0.39 is 0 Å². The van der Waals surface area contributed by atoms with Gasteiger partial charge in [-0.2, -0.15) is 5.26 Å². The molecule has 0 N–H and O–H groups in total. The molecule has 0 amide bonds. The maximum absolute atomic E-state index is 8.16. The molecule has 1 aliphatic rings. The summed E-state index contributed by atoms with van der Waals surface area (Å²) < 4.78 is 5.06. The van der Waals surface area contributed by atoms with Crippen LogP contribution in [0.4, 0.5) is 0 Å². The van der Waals surface area contributed by atoms with Crippen molar-refractivity contribution in [3.63, 3.8) is 0 Å². The van der Waals surface area contributed by atoms with E-state index in [-0.39, 0.29) is 6.10 Å². The van der Waals surface area contributed by atoms with Crippen molar-refractivity contribution < 1.29 is 4.74 Å². The van der Waals surface area contributed by atoms with Crippen molar-refractivity contribution in [1.82, 2.24) is 0 Å². The van der Waals surface area contributed by atoms with Crippen LogP contribution in [0.15, 0.2) is 12.2 Å². The normalized spacial score (nSPS) is 25.6. The molecule has 1 aliphatic heterocycles. The van der Waals surface area contributed by atoms with Crippen molar-refractivity contribution in [2.45, 2.75) is 12.5 Å². The minimum atomic E-state index is 0.0694. The quantitative estimate of drug-likeness (QED) is 0.468. The van der Waals surface area contributed by atoms with E-state index in [1.807, 2.05) is 18.2 Å². The molecule has 1 rings (SSSR count). The van der Waals surface area contributed by atoms with Gasteiger partial charge in [0.05, 0.1) is 25.2 Å². The second kappa shape index (κ2) is 2.49.